The molecule has 0 bridgehead atoms. The molecule has 4 aromatic heterocycles. The van der Waals surface area contributed by atoms with Crippen molar-refractivity contribution in [2.24, 2.45) is 0 Å². The summed E-state index contributed by atoms with van der Waals surface area (Å²) in [7, 11) is 0. The fourth-order valence-electron chi connectivity index (χ4n) is 4.65. The van der Waals surface area contributed by atoms with Crippen LogP contribution < -0.4 is 5.32 Å². The molecular formula is C29H21N7O. The van der Waals surface area contributed by atoms with Crippen molar-refractivity contribution in [1.82, 2.24) is 30.1 Å². The van der Waals surface area contributed by atoms with Crippen LogP contribution in [0.5, 0.6) is 0 Å². The van der Waals surface area contributed by atoms with Gasteiger partial charge in [-0.3, -0.25) is 9.89 Å². The lowest BCUT2D eigenvalue weighted by Crippen LogP contribution is -2.03. The Kier molecular flexibility index (Phi) is 4.82. The number of benzene rings is 3. The number of rotatable bonds is 6. The summed E-state index contributed by atoms with van der Waals surface area (Å²) in [5.41, 5.74) is 6.27. The Labute approximate surface area is 210 Å². The van der Waals surface area contributed by atoms with Crippen molar-refractivity contribution in [1.29, 1.82) is 0 Å². The number of carbonyl (C=O) groups is 1. The van der Waals surface area contributed by atoms with Crippen LogP contribution in [0.2, 0.25) is 0 Å². The average Bonchev–Trinajstić information content (AvgIpc) is 3.67. The van der Waals surface area contributed by atoms with Crippen molar-refractivity contribution in [2.45, 2.75) is 6.42 Å². The molecule has 0 aliphatic carbocycles. The third kappa shape index (κ3) is 4.00. The molecular weight excluding hydrogens is 462 g/mol. The second-order valence-electron chi connectivity index (χ2n) is 9.05. The number of anilines is 2. The Bertz CT molecular complexity index is 1930. The first kappa shape index (κ1) is 21.1. The van der Waals surface area contributed by atoms with E-state index in [-0.39, 0.29) is 5.78 Å². The van der Waals surface area contributed by atoms with Gasteiger partial charge in [0, 0.05) is 51.9 Å². The molecule has 0 radical (unpaired) electrons. The molecule has 0 aliphatic heterocycles. The van der Waals surface area contributed by atoms with Crippen LogP contribution in [0.25, 0.3) is 44.1 Å². The minimum absolute atomic E-state index is 0.0460. The fourth-order valence-corrected chi connectivity index (χ4v) is 4.65. The summed E-state index contributed by atoms with van der Waals surface area (Å²) in [4.78, 5) is 28.7. The van der Waals surface area contributed by atoms with Crippen molar-refractivity contribution in [3.8, 4) is 11.4 Å². The maximum atomic E-state index is 13.0. The van der Waals surface area contributed by atoms with E-state index in [1.165, 1.54) is 0 Å². The number of carbonyl (C=O) groups excluding carboxylic acids is 1. The van der Waals surface area contributed by atoms with E-state index in [9.17, 15) is 4.79 Å². The molecule has 8 heteroatoms. The van der Waals surface area contributed by atoms with Gasteiger partial charge in [-0.25, -0.2) is 9.97 Å². The monoisotopic (exact) mass is 483 g/mol. The van der Waals surface area contributed by atoms with Gasteiger partial charge in [0.05, 0.1) is 17.4 Å². The van der Waals surface area contributed by atoms with Gasteiger partial charge in [-0.2, -0.15) is 5.10 Å². The van der Waals surface area contributed by atoms with Crippen LogP contribution in [0, 0.1) is 0 Å². The highest BCUT2D eigenvalue weighted by atomic mass is 16.1. The molecule has 7 aromatic rings. The predicted molar refractivity (Wildman–Crippen MR) is 145 cm³/mol. The van der Waals surface area contributed by atoms with Crippen molar-refractivity contribution >= 4 is 50.0 Å². The summed E-state index contributed by atoms with van der Waals surface area (Å²) in [6.45, 7) is 0. The van der Waals surface area contributed by atoms with Gasteiger partial charge in [0.2, 0.25) is 0 Å². The maximum Gasteiger partial charge on any atom is 0.183 e. The molecule has 0 aliphatic rings. The average molecular weight is 484 g/mol. The highest BCUT2D eigenvalue weighted by Gasteiger charge is 2.13. The highest BCUT2D eigenvalue weighted by molar-refractivity contribution is 6.01. The van der Waals surface area contributed by atoms with E-state index in [0.29, 0.717) is 23.8 Å². The molecule has 8 nitrogen and oxygen atoms in total. The van der Waals surface area contributed by atoms with Gasteiger partial charge < -0.3 is 15.3 Å². The number of H-pyrrole nitrogens is 3. The number of nitrogens with one attached hydrogen (secondary N) is 4. The zero-order chi connectivity index (χ0) is 24.8. The van der Waals surface area contributed by atoms with Crippen LogP contribution in [0.3, 0.4) is 0 Å². The molecule has 0 spiro atoms. The molecule has 4 heterocycles. The Morgan fingerprint density at radius 1 is 0.838 bits per heavy atom. The smallest absolute Gasteiger partial charge is 0.183 e. The summed E-state index contributed by atoms with van der Waals surface area (Å²) < 4.78 is 0. The Morgan fingerprint density at radius 2 is 1.76 bits per heavy atom. The van der Waals surface area contributed by atoms with Gasteiger partial charge in [0.25, 0.3) is 0 Å². The SMILES string of the molecule is O=C(Cc1ccc2[nH]ccc2c1)c1cc2ccc(-c3nccc(Nc4ccc5[nH]ncc5c4)n3)cc2[nH]1. The van der Waals surface area contributed by atoms with Crippen molar-refractivity contribution in [2.75, 3.05) is 5.32 Å². The molecule has 0 saturated carbocycles. The number of aromatic nitrogens is 6. The molecule has 37 heavy (non-hydrogen) atoms. The van der Waals surface area contributed by atoms with Crippen LogP contribution in [-0.2, 0) is 6.42 Å². The van der Waals surface area contributed by atoms with Crippen LogP contribution in [0.4, 0.5) is 11.5 Å². The van der Waals surface area contributed by atoms with E-state index < -0.39 is 0 Å². The second-order valence-corrected chi connectivity index (χ2v) is 9.05. The molecule has 4 N–H and O–H groups in total. The molecule has 0 atom stereocenters. The molecule has 0 amide bonds. The largest absolute Gasteiger partial charge is 0.361 e. The first-order chi connectivity index (χ1) is 18.2. The normalized spacial score (nSPS) is 11.5. The summed E-state index contributed by atoms with van der Waals surface area (Å²) in [6, 6.07) is 23.7. The van der Waals surface area contributed by atoms with Gasteiger partial charge in [-0.05, 0) is 65.5 Å². The minimum Gasteiger partial charge on any atom is -0.361 e. The summed E-state index contributed by atoms with van der Waals surface area (Å²) in [6.07, 6.45) is 5.76. The lowest BCUT2D eigenvalue weighted by atomic mass is 10.1. The fraction of sp³-hybridized carbons (Fsp3) is 0.0345. The molecule has 0 fully saturated rings. The van der Waals surface area contributed by atoms with Crippen LogP contribution in [-0.4, -0.2) is 35.9 Å². The standard InChI is InChI=1S/C29H21N7O/c37-27(12-17-1-5-23-19(11-17)7-9-30-23)26-14-18-2-3-20(15-25(18)34-26)29-31-10-8-28(35-29)33-22-4-6-24-21(13-22)16-32-36-24/h1-11,13-16,30,34H,12H2,(H,32,36)(H,31,33,35). The van der Waals surface area contributed by atoms with Crippen molar-refractivity contribution < 1.29 is 4.79 Å². The lowest BCUT2D eigenvalue weighted by Gasteiger charge is -2.07. The third-order valence-corrected chi connectivity index (χ3v) is 6.53. The van der Waals surface area contributed by atoms with Gasteiger partial charge in [0.15, 0.2) is 11.6 Å². The zero-order valence-corrected chi connectivity index (χ0v) is 19.6. The van der Waals surface area contributed by atoms with Gasteiger partial charge >= 0.3 is 0 Å². The summed E-state index contributed by atoms with van der Waals surface area (Å²) in [5, 5.41) is 13.4. The number of ketones is 1. The van der Waals surface area contributed by atoms with Gasteiger partial charge in [-0.15, -0.1) is 0 Å². The molecule has 0 saturated heterocycles. The number of hydrogen-bond acceptors (Lipinski definition) is 5. The molecule has 3 aromatic carbocycles. The first-order valence-corrected chi connectivity index (χ1v) is 11.9. The number of aromatic amines is 3. The first-order valence-electron chi connectivity index (χ1n) is 11.9. The molecule has 0 unspecified atom stereocenters. The van der Waals surface area contributed by atoms with Crippen LogP contribution >= 0.6 is 0 Å². The quantitative estimate of drug-likeness (QED) is 0.212. The molecule has 178 valence electrons. The Balaban J connectivity index is 1.13. The second kappa shape index (κ2) is 8.46. The number of nitrogens with zero attached hydrogens (tertiary/aromatic N) is 3. The van der Waals surface area contributed by atoms with Crippen LogP contribution in [0.15, 0.2) is 91.4 Å². The van der Waals surface area contributed by atoms with E-state index in [4.69, 9.17) is 4.98 Å². The van der Waals surface area contributed by atoms with Gasteiger partial charge in [-0.1, -0.05) is 18.2 Å². The lowest BCUT2D eigenvalue weighted by molar-refractivity contribution is 0.0989. The third-order valence-electron chi connectivity index (χ3n) is 6.53. The number of fused-ring (bicyclic) bond motifs is 3. The Hall–Kier alpha value is -5.24. The minimum atomic E-state index is 0.0460. The van der Waals surface area contributed by atoms with Crippen LogP contribution in [0.1, 0.15) is 16.1 Å². The van der Waals surface area contributed by atoms with Gasteiger partial charge in [0.1, 0.15) is 5.82 Å². The Morgan fingerprint density at radius 3 is 2.73 bits per heavy atom. The van der Waals surface area contributed by atoms with E-state index >= 15 is 0 Å². The summed E-state index contributed by atoms with van der Waals surface area (Å²) >= 11 is 0. The predicted octanol–water partition coefficient (Wildman–Crippen LogP) is 6.15. The van der Waals surface area contributed by atoms with Crippen molar-refractivity contribution in [3.05, 3.63) is 103 Å². The van der Waals surface area contributed by atoms with Crippen molar-refractivity contribution in [3.63, 3.8) is 0 Å². The maximum absolute atomic E-state index is 13.0. The van der Waals surface area contributed by atoms with E-state index in [0.717, 1.165) is 49.5 Å². The molecule has 7 rings (SSSR count). The van der Waals surface area contributed by atoms with E-state index in [2.05, 4.69) is 36.5 Å². The number of Topliss-reactive ketones (excluding diaryl/α,β-unsaturated/α-hetero) is 1. The van der Waals surface area contributed by atoms with E-state index in [1.807, 2.05) is 72.9 Å². The zero-order valence-electron chi connectivity index (χ0n) is 19.6. The highest BCUT2D eigenvalue weighted by Crippen LogP contribution is 2.26. The summed E-state index contributed by atoms with van der Waals surface area (Å²) in [5.74, 6) is 1.33. The topological polar surface area (TPSA) is 115 Å². The number of hydrogen-bond donors (Lipinski definition) is 4. The van der Waals surface area contributed by atoms with E-state index in [1.54, 1.807) is 12.4 Å².